The van der Waals surface area contributed by atoms with Crippen LogP contribution in [-0.4, -0.2) is 38.7 Å². The van der Waals surface area contributed by atoms with E-state index in [1.807, 2.05) is 6.20 Å². The van der Waals surface area contributed by atoms with Crippen LogP contribution in [0.1, 0.15) is 33.5 Å². The Bertz CT molecular complexity index is 812. The zero-order valence-electron chi connectivity index (χ0n) is 13.7. The summed E-state index contributed by atoms with van der Waals surface area (Å²) in [5.74, 6) is -0.104. The number of carbonyl (C=O) groups is 1. The van der Waals surface area contributed by atoms with Gasteiger partial charge in [-0.25, -0.2) is 4.98 Å². The van der Waals surface area contributed by atoms with E-state index in [0.717, 1.165) is 26.1 Å². The molecule has 0 spiro atoms. The standard InChI is InChI=1S/C17H19N5OS2/c23-17(16-11-24-12-19-16)18-5-3-13-8-21(10-15-2-1-7-25-15)9-14-4-6-20-22(13)14/h1-2,4,6-7,11-13H,3,5,8-10H2,(H,18,23)/t13-/m0/s1. The van der Waals surface area contributed by atoms with Crippen LogP contribution in [0.5, 0.6) is 0 Å². The molecule has 25 heavy (non-hydrogen) atoms. The van der Waals surface area contributed by atoms with Crippen LogP contribution in [0.4, 0.5) is 0 Å². The molecular formula is C17H19N5OS2. The number of hydrogen-bond donors (Lipinski definition) is 1. The normalized spacial score (nSPS) is 17.4. The third-order valence-electron chi connectivity index (χ3n) is 4.34. The lowest BCUT2D eigenvalue weighted by Gasteiger charge is -2.33. The van der Waals surface area contributed by atoms with E-state index < -0.39 is 0 Å². The highest BCUT2D eigenvalue weighted by Crippen LogP contribution is 2.25. The van der Waals surface area contributed by atoms with E-state index in [1.165, 1.54) is 21.9 Å². The number of aromatic nitrogens is 3. The van der Waals surface area contributed by atoms with Gasteiger partial charge in [-0.1, -0.05) is 6.07 Å². The Morgan fingerprint density at radius 1 is 1.40 bits per heavy atom. The fraction of sp³-hybridized carbons (Fsp3) is 0.353. The van der Waals surface area contributed by atoms with E-state index in [9.17, 15) is 4.79 Å². The molecule has 0 aromatic carbocycles. The molecule has 0 saturated carbocycles. The van der Waals surface area contributed by atoms with Gasteiger partial charge in [-0.15, -0.1) is 22.7 Å². The Morgan fingerprint density at radius 2 is 2.36 bits per heavy atom. The minimum Gasteiger partial charge on any atom is -0.351 e. The first kappa shape index (κ1) is 16.4. The van der Waals surface area contributed by atoms with Gasteiger partial charge < -0.3 is 5.32 Å². The van der Waals surface area contributed by atoms with Crippen LogP contribution in [0, 0.1) is 0 Å². The molecule has 1 atom stereocenters. The summed E-state index contributed by atoms with van der Waals surface area (Å²) in [6.07, 6.45) is 2.72. The first-order valence-corrected chi connectivity index (χ1v) is 10.1. The summed E-state index contributed by atoms with van der Waals surface area (Å²) in [6, 6.07) is 6.63. The van der Waals surface area contributed by atoms with Crippen molar-refractivity contribution < 1.29 is 4.79 Å². The van der Waals surface area contributed by atoms with E-state index in [0.29, 0.717) is 12.2 Å². The molecule has 0 unspecified atom stereocenters. The number of fused-ring (bicyclic) bond motifs is 1. The molecule has 0 fully saturated rings. The van der Waals surface area contributed by atoms with Crippen LogP contribution in [-0.2, 0) is 13.1 Å². The molecule has 4 heterocycles. The molecule has 4 rings (SSSR count). The molecular weight excluding hydrogens is 354 g/mol. The third kappa shape index (κ3) is 3.81. The fourth-order valence-electron chi connectivity index (χ4n) is 3.19. The third-order valence-corrected chi connectivity index (χ3v) is 5.79. The predicted molar refractivity (Wildman–Crippen MR) is 98.8 cm³/mol. The van der Waals surface area contributed by atoms with Gasteiger partial charge in [-0.05, 0) is 23.9 Å². The monoisotopic (exact) mass is 373 g/mol. The zero-order valence-corrected chi connectivity index (χ0v) is 15.3. The number of thiazole rings is 1. The van der Waals surface area contributed by atoms with E-state index in [1.54, 1.807) is 22.2 Å². The first-order chi connectivity index (χ1) is 12.3. The average Bonchev–Trinajstić information content (AvgIpc) is 3.36. The van der Waals surface area contributed by atoms with Gasteiger partial charge in [0.2, 0.25) is 0 Å². The largest absolute Gasteiger partial charge is 0.351 e. The molecule has 3 aromatic heterocycles. The Morgan fingerprint density at radius 3 is 3.16 bits per heavy atom. The highest BCUT2D eigenvalue weighted by molar-refractivity contribution is 7.09. The first-order valence-electron chi connectivity index (χ1n) is 8.23. The lowest BCUT2D eigenvalue weighted by molar-refractivity contribution is 0.0942. The molecule has 0 aliphatic carbocycles. The van der Waals surface area contributed by atoms with Crippen molar-refractivity contribution in [2.45, 2.75) is 25.6 Å². The van der Waals surface area contributed by atoms with Gasteiger partial charge >= 0.3 is 0 Å². The smallest absolute Gasteiger partial charge is 0.270 e. The Labute approximate surface area is 154 Å². The van der Waals surface area contributed by atoms with Crippen molar-refractivity contribution in [3.05, 3.63) is 56.9 Å². The van der Waals surface area contributed by atoms with Crippen LogP contribution in [0.3, 0.4) is 0 Å². The van der Waals surface area contributed by atoms with E-state index in [-0.39, 0.29) is 11.9 Å². The van der Waals surface area contributed by atoms with Crippen LogP contribution in [0.15, 0.2) is 40.7 Å². The summed E-state index contributed by atoms with van der Waals surface area (Å²) >= 11 is 3.23. The van der Waals surface area contributed by atoms with E-state index in [4.69, 9.17) is 0 Å². The van der Waals surface area contributed by atoms with E-state index in [2.05, 4.69) is 48.6 Å². The molecule has 6 nitrogen and oxygen atoms in total. The molecule has 1 amide bonds. The molecule has 1 aliphatic heterocycles. The van der Waals surface area contributed by atoms with Crippen molar-refractivity contribution in [1.82, 2.24) is 25.0 Å². The molecule has 1 N–H and O–H groups in total. The van der Waals surface area contributed by atoms with Crippen LogP contribution in [0.25, 0.3) is 0 Å². The molecule has 0 bridgehead atoms. The quantitative estimate of drug-likeness (QED) is 0.722. The lowest BCUT2D eigenvalue weighted by atomic mass is 10.1. The Balaban J connectivity index is 1.37. The van der Waals surface area contributed by atoms with Crippen molar-refractivity contribution in [2.75, 3.05) is 13.1 Å². The summed E-state index contributed by atoms with van der Waals surface area (Å²) in [4.78, 5) is 19.9. The number of thiophene rings is 1. The van der Waals surface area contributed by atoms with Gasteiger partial charge in [0.25, 0.3) is 5.91 Å². The molecule has 0 radical (unpaired) electrons. The minimum atomic E-state index is -0.104. The minimum absolute atomic E-state index is 0.104. The van der Waals surface area contributed by atoms with Gasteiger partial charge in [-0.3, -0.25) is 14.4 Å². The Hall–Kier alpha value is -2.03. The van der Waals surface area contributed by atoms with Crippen molar-refractivity contribution in [1.29, 1.82) is 0 Å². The van der Waals surface area contributed by atoms with Crippen molar-refractivity contribution in [3.63, 3.8) is 0 Å². The fourth-order valence-corrected chi connectivity index (χ4v) is 4.47. The Kier molecular flexibility index (Phi) is 4.91. The molecule has 0 saturated heterocycles. The zero-order chi connectivity index (χ0) is 17.1. The number of amides is 1. The lowest BCUT2D eigenvalue weighted by Crippen LogP contribution is -2.38. The van der Waals surface area contributed by atoms with Gasteiger partial charge in [0, 0.05) is 42.6 Å². The molecule has 1 aliphatic rings. The number of rotatable bonds is 6. The summed E-state index contributed by atoms with van der Waals surface area (Å²) in [5, 5.41) is 11.3. The van der Waals surface area contributed by atoms with Crippen molar-refractivity contribution >= 4 is 28.6 Å². The number of nitrogens with one attached hydrogen (secondary N) is 1. The maximum Gasteiger partial charge on any atom is 0.270 e. The van der Waals surface area contributed by atoms with Gasteiger partial charge in [-0.2, -0.15) is 5.10 Å². The topological polar surface area (TPSA) is 63.1 Å². The second-order valence-corrected chi connectivity index (χ2v) is 7.84. The molecule has 8 heteroatoms. The van der Waals surface area contributed by atoms with Crippen LogP contribution in [0.2, 0.25) is 0 Å². The van der Waals surface area contributed by atoms with Crippen LogP contribution >= 0.6 is 22.7 Å². The highest BCUT2D eigenvalue weighted by Gasteiger charge is 2.25. The van der Waals surface area contributed by atoms with Gasteiger partial charge in [0.1, 0.15) is 5.69 Å². The van der Waals surface area contributed by atoms with E-state index >= 15 is 0 Å². The second kappa shape index (κ2) is 7.47. The number of carbonyl (C=O) groups excluding carboxylic acids is 1. The summed E-state index contributed by atoms with van der Waals surface area (Å²) in [5.41, 5.74) is 3.40. The average molecular weight is 374 g/mol. The van der Waals surface area contributed by atoms with Crippen molar-refractivity contribution in [2.24, 2.45) is 0 Å². The maximum atomic E-state index is 12.0. The van der Waals surface area contributed by atoms with Gasteiger partial charge in [0.05, 0.1) is 17.2 Å². The molecule has 3 aromatic rings. The van der Waals surface area contributed by atoms with Crippen LogP contribution < -0.4 is 5.32 Å². The summed E-state index contributed by atoms with van der Waals surface area (Å²) in [7, 11) is 0. The number of hydrogen-bond acceptors (Lipinski definition) is 6. The maximum absolute atomic E-state index is 12.0. The second-order valence-electron chi connectivity index (χ2n) is 6.09. The van der Waals surface area contributed by atoms with Gasteiger partial charge in [0.15, 0.2) is 0 Å². The summed E-state index contributed by atoms with van der Waals surface area (Å²) in [6.45, 7) is 3.44. The molecule has 130 valence electrons. The summed E-state index contributed by atoms with van der Waals surface area (Å²) < 4.78 is 2.11. The SMILES string of the molecule is O=C(NCC[C@H]1CN(Cc2cccs2)Cc2ccnn21)c1cscn1. The number of nitrogens with zero attached hydrogens (tertiary/aromatic N) is 4. The van der Waals surface area contributed by atoms with Crippen molar-refractivity contribution in [3.8, 4) is 0 Å². The predicted octanol–water partition coefficient (Wildman–Crippen LogP) is 2.78. The highest BCUT2D eigenvalue weighted by atomic mass is 32.1.